The molecule has 0 radical (unpaired) electrons. The number of anilines is 1. The van der Waals surface area contributed by atoms with Crippen LogP contribution < -0.4 is 4.90 Å². The first-order chi connectivity index (χ1) is 9.56. The first-order valence-corrected chi connectivity index (χ1v) is 6.03. The lowest BCUT2D eigenvalue weighted by Crippen LogP contribution is -2.22. The number of carbonyl (C=O) groups is 2. The summed E-state index contributed by atoms with van der Waals surface area (Å²) in [4.78, 5) is 24.6. The van der Waals surface area contributed by atoms with Crippen molar-refractivity contribution in [1.82, 2.24) is 0 Å². The predicted octanol–water partition coefficient (Wildman–Crippen LogP) is 2.25. The molecule has 0 saturated heterocycles. The summed E-state index contributed by atoms with van der Waals surface area (Å²) >= 11 is 0. The van der Waals surface area contributed by atoms with Crippen molar-refractivity contribution in [2.24, 2.45) is 0 Å². The van der Waals surface area contributed by atoms with E-state index in [-0.39, 0.29) is 17.2 Å². The van der Waals surface area contributed by atoms with E-state index < -0.39 is 5.97 Å². The zero-order chi connectivity index (χ0) is 14.3. The van der Waals surface area contributed by atoms with Crippen LogP contribution in [0.2, 0.25) is 0 Å². The van der Waals surface area contributed by atoms with Gasteiger partial charge in [-0.1, -0.05) is 6.07 Å². The molecule has 3 rings (SSSR count). The Labute approximate surface area is 114 Å². The molecule has 1 aliphatic rings. The van der Waals surface area contributed by atoms with Crippen LogP contribution in [0.4, 0.5) is 5.69 Å². The Morgan fingerprint density at radius 1 is 1.10 bits per heavy atom. The van der Waals surface area contributed by atoms with Crippen molar-refractivity contribution >= 4 is 17.6 Å². The molecule has 2 aromatic carbocycles. The zero-order valence-electron chi connectivity index (χ0n) is 10.4. The van der Waals surface area contributed by atoms with Crippen molar-refractivity contribution in [1.29, 1.82) is 0 Å². The van der Waals surface area contributed by atoms with Crippen LogP contribution in [0.1, 0.15) is 26.3 Å². The number of rotatable bonds is 2. The molecule has 1 aliphatic heterocycles. The standard InChI is InChI=1S/C15H11NO4/c17-12-6-3-10-8-16(14(18)13(10)7-12)11-4-1-9(2-5-11)15(19)20/h1-7,17H,8H2,(H,19,20). The highest BCUT2D eigenvalue weighted by molar-refractivity contribution is 6.10. The number of hydrogen-bond donors (Lipinski definition) is 2. The number of aromatic carboxylic acids is 1. The number of phenols is 1. The molecule has 2 N–H and O–H groups in total. The van der Waals surface area contributed by atoms with Gasteiger partial charge in [0, 0.05) is 11.3 Å². The van der Waals surface area contributed by atoms with E-state index in [2.05, 4.69) is 0 Å². The summed E-state index contributed by atoms with van der Waals surface area (Å²) in [5.41, 5.74) is 2.13. The first kappa shape index (κ1) is 12.2. The Hall–Kier alpha value is -2.82. The molecule has 0 atom stereocenters. The number of carbonyl (C=O) groups excluding carboxylic acids is 1. The average Bonchev–Trinajstić information content (AvgIpc) is 2.76. The number of amides is 1. The van der Waals surface area contributed by atoms with Gasteiger partial charge in [0.15, 0.2) is 0 Å². The normalized spacial score (nSPS) is 13.4. The second-order valence-corrected chi connectivity index (χ2v) is 4.58. The fourth-order valence-corrected chi connectivity index (χ4v) is 2.28. The van der Waals surface area contributed by atoms with Crippen LogP contribution in [-0.4, -0.2) is 22.1 Å². The first-order valence-electron chi connectivity index (χ1n) is 6.03. The summed E-state index contributed by atoms with van der Waals surface area (Å²) in [5.74, 6) is -1.14. The molecule has 0 fully saturated rings. The Kier molecular flexibility index (Phi) is 2.68. The molecule has 0 aromatic heterocycles. The number of nitrogens with zero attached hydrogens (tertiary/aromatic N) is 1. The maximum absolute atomic E-state index is 12.3. The lowest BCUT2D eigenvalue weighted by atomic mass is 10.1. The number of phenolic OH excluding ortho intramolecular Hbond substituents is 1. The SMILES string of the molecule is O=C(O)c1ccc(N2Cc3ccc(O)cc3C2=O)cc1. The highest BCUT2D eigenvalue weighted by atomic mass is 16.4. The van der Waals surface area contributed by atoms with Gasteiger partial charge in [0.1, 0.15) is 5.75 Å². The minimum absolute atomic E-state index is 0.0557. The molecular formula is C15H11NO4. The molecule has 0 saturated carbocycles. The van der Waals surface area contributed by atoms with Gasteiger partial charge in [-0.15, -0.1) is 0 Å². The average molecular weight is 269 g/mol. The van der Waals surface area contributed by atoms with Gasteiger partial charge in [-0.3, -0.25) is 4.79 Å². The Morgan fingerprint density at radius 2 is 1.80 bits per heavy atom. The topological polar surface area (TPSA) is 77.8 Å². The van der Waals surface area contributed by atoms with Crippen molar-refractivity contribution in [2.75, 3.05) is 4.90 Å². The van der Waals surface area contributed by atoms with Crippen LogP contribution in [-0.2, 0) is 6.54 Å². The van der Waals surface area contributed by atoms with E-state index >= 15 is 0 Å². The summed E-state index contributed by atoms with van der Waals surface area (Å²) in [6, 6.07) is 10.8. The second-order valence-electron chi connectivity index (χ2n) is 4.58. The van der Waals surface area contributed by atoms with Crippen molar-refractivity contribution in [3.05, 3.63) is 59.2 Å². The van der Waals surface area contributed by atoms with Crippen molar-refractivity contribution in [3.63, 3.8) is 0 Å². The van der Waals surface area contributed by atoms with E-state index in [0.29, 0.717) is 17.8 Å². The molecule has 20 heavy (non-hydrogen) atoms. The number of benzene rings is 2. The molecule has 2 aromatic rings. The number of hydrogen-bond acceptors (Lipinski definition) is 3. The molecule has 0 spiro atoms. The number of carboxylic acid groups (broad SMARTS) is 1. The minimum atomic E-state index is -1.00. The highest BCUT2D eigenvalue weighted by Crippen LogP contribution is 2.30. The quantitative estimate of drug-likeness (QED) is 0.876. The van der Waals surface area contributed by atoms with Gasteiger partial charge in [-0.25, -0.2) is 4.79 Å². The lowest BCUT2D eigenvalue weighted by Gasteiger charge is -2.15. The molecular weight excluding hydrogens is 258 g/mol. The number of fused-ring (bicyclic) bond motifs is 1. The van der Waals surface area contributed by atoms with Crippen LogP contribution in [0.5, 0.6) is 5.75 Å². The van der Waals surface area contributed by atoms with Gasteiger partial charge in [0.25, 0.3) is 5.91 Å². The molecule has 100 valence electrons. The van der Waals surface area contributed by atoms with E-state index in [9.17, 15) is 14.7 Å². The summed E-state index contributed by atoms with van der Waals surface area (Å²) < 4.78 is 0. The van der Waals surface area contributed by atoms with Gasteiger partial charge in [0.2, 0.25) is 0 Å². The number of carboxylic acids is 1. The summed E-state index contributed by atoms with van der Waals surface area (Å²) in [5, 5.41) is 18.3. The van der Waals surface area contributed by atoms with E-state index in [1.165, 1.54) is 18.2 Å². The van der Waals surface area contributed by atoms with Crippen molar-refractivity contribution in [3.8, 4) is 5.75 Å². The van der Waals surface area contributed by atoms with E-state index in [0.717, 1.165) is 5.56 Å². The maximum atomic E-state index is 12.3. The largest absolute Gasteiger partial charge is 0.508 e. The molecule has 0 bridgehead atoms. The van der Waals surface area contributed by atoms with Crippen molar-refractivity contribution in [2.45, 2.75) is 6.54 Å². The van der Waals surface area contributed by atoms with Gasteiger partial charge in [0.05, 0.1) is 12.1 Å². The Morgan fingerprint density at radius 3 is 2.45 bits per heavy atom. The molecule has 0 unspecified atom stereocenters. The van der Waals surface area contributed by atoms with Crippen LogP contribution in [0.15, 0.2) is 42.5 Å². The molecule has 1 amide bonds. The van der Waals surface area contributed by atoms with Gasteiger partial charge in [-0.2, -0.15) is 0 Å². The summed E-state index contributed by atoms with van der Waals surface area (Å²) in [6.07, 6.45) is 0. The maximum Gasteiger partial charge on any atom is 0.335 e. The third-order valence-electron chi connectivity index (χ3n) is 3.32. The fraction of sp³-hybridized carbons (Fsp3) is 0.0667. The smallest absolute Gasteiger partial charge is 0.335 e. The third kappa shape index (κ3) is 1.89. The molecule has 1 heterocycles. The van der Waals surface area contributed by atoms with Crippen LogP contribution in [0.25, 0.3) is 0 Å². The summed E-state index contributed by atoms with van der Waals surface area (Å²) in [7, 11) is 0. The van der Waals surface area contributed by atoms with Crippen LogP contribution in [0.3, 0.4) is 0 Å². The third-order valence-corrected chi connectivity index (χ3v) is 3.32. The summed E-state index contributed by atoms with van der Waals surface area (Å²) in [6.45, 7) is 0.418. The molecule has 5 nitrogen and oxygen atoms in total. The van der Waals surface area contributed by atoms with Gasteiger partial charge in [-0.05, 0) is 42.0 Å². The Bertz CT molecular complexity index is 706. The van der Waals surface area contributed by atoms with E-state index in [1.54, 1.807) is 29.2 Å². The van der Waals surface area contributed by atoms with Crippen LogP contribution >= 0.6 is 0 Å². The fourth-order valence-electron chi connectivity index (χ4n) is 2.28. The zero-order valence-corrected chi connectivity index (χ0v) is 10.4. The lowest BCUT2D eigenvalue weighted by molar-refractivity contribution is 0.0696. The molecule has 0 aliphatic carbocycles. The van der Waals surface area contributed by atoms with E-state index in [1.807, 2.05) is 0 Å². The predicted molar refractivity (Wildman–Crippen MR) is 72.0 cm³/mol. The van der Waals surface area contributed by atoms with E-state index in [4.69, 9.17) is 5.11 Å². The van der Waals surface area contributed by atoms with Gasteiger partial charge >= 0.3 is 5.97 Å². The minimum Gasteiger partial charge on any atom is -0.508 e. The second kappa shape index (κ2) is 4.38. The van der Waals surface area contributed by atoms with Gasteiger partial charge < -0.3 is 15.1 Å². The number of aromatic hydroxyl groups is 1. The molecule has 5 heteroatoms. The van der Waals surface area contributed by atoms with Crippen LogP contribution in [0, 0.1) is 0 Å². The highest BCUT2D eigenvalue weighted by Gasteiger charge is 2.28. The monoisotopic (exact) mass is 269 g/mol. The van der Waals surface area contributed by atoms with Crippen molar-refractivity contribution < 1.29 is 19.8 Å². The Balaban J connectivity index is 1.94.